The Labute approximate surface area is 130 Å². The monoisotopic (exact) mass is 313 g/mol. The van der Waals surface area contributed by atoms with E-state index in [0.717, 1.165) is 6.42 Å². The highest BCUT2D eigenvalue weighted by molar-refractivity contribution is 7.09. The fraction of sp³-hybridized carbons (Fsp3) is 0.125. The van der Waals surface area contributed by atoms with Crippen LogP contribution in [0.3, 0.4) is 0 Å². The van der Waals surface area contributed by atoms with Crippen LogP contribution in [0.25, 0.3) is 11.5 Å². The predicted octanol–water partition coefficient (Wildman–Crippen LogP) is 4.07. The second-order valence-corrected chi connectivity index (χ2v) is 5.61. The Morgan fingerprint density at radius 3 is 2.95 bits per heavy atom. The van der Waals surface area contributed by atoms with E-state index in [1.165, 1.54) is 17.0 Å². The SMILES string of the molecule is N#Cc1nc(-c2cccc(F)c2)oc1NCCc1cccs1. The van der Waals surface area contributed by atoms with Crippen LogP contribution in [0.15, 0.2) is 46.2 Å². The summed E-state index contributed by atoms with van der Waals surface area (Å²) in [5.74, 6) is 0.175. The van der Waals surface area contributed by atoms with Gasteiger partial charge in [-0.25, -0.2) is 4.39 Å². The molecule has 1 aromatic carbocycles. The molecule has 2 heterocycles. The number of hydrogen-bond donors (Lipinski definition) is 1. The third kappa shape index (κ3) is 3.15. The topological polar surface area (TPSA) is 61.9 Å². The minimum atomic E-state index is -0.374. The van der Waals surface area contributed by atoms with E-state index in [1.54, 1.807) is 23.5 Å². The summed E-state index contributed by atoms with van der Waals surface area (Å²) in [6, 6.07) is 12.0. The van der Waals surface area contributed by atoms with Gasteiger partial charge in [0.05, 0.1) is 0 Å². The number of thiophene rings is 1. The van der Waals surface area contributed by atoms with Gasteiger partial charge in [-0.15, -0.1) is 11.3 Å². The molecule has 0 aliphatic rings. The zero-order chi connectivity index (χ0) is 15.4. The van der Waals surface area contributed by atoms with Crippen LogP contribution < -0.4 is 5.32 Å². The Kier molecular flexibility index (Phi) is 4.17. The molecule has 1 N–H and O–H groups in total. The van der Waals surface area contributed by atoms with Crippen LogP contribution in [-0.4, -0.2) is 11.5 Å². The van der Waals surface area contributed by atoms with Gasteiger partial charge in [0.15, 0.2) is 0 Å². The summed E-state index contributed by atoms with van der Waals surface area (Å²) in [5, 5.41) is 14.2. The van der Waals surface area contributed by atoms with E-state index in [2.05, 4.69) is 16.4 Å². The minimum Gasteiger partial charge on any atom is -0.419 e. The van der Waals surface area contributed by atoms with Gasteiger partial charge in [0.1, 0.15) is 11.9 Å². The van der Waals surface area contributed by atoms with Crippen molar-refractivity contribution in [2.75, 3.05) is 11.9 Å². The fourth-order valence-corrected chi connectivity index (χ4v) is 2.72. The number of nitrogens with zero attached hydrogens (tertiary/aromatic N) is 2. The van der Waals surface area contributed by atoms with Gasteiger partial charge in [-0.1, -0.05) is 12.1 Å². The minimum absolute atomic E-state index is 0.172. The number of rotatable bonds is 5. The standard InChI is InChI=1S/C16H12FN3OS/c17-12-4-1-3-11(9-12)15-20-14(10-18)16(21-15)19-7-6-13-5-2-8-22-13/h1-5,8-9,19H,6-7H2. The maximum atomic E-state index is 13.3. The summed E-state index contributed by atoms with van der Waals surface area (Å²) >= 11 is 1.68. The first-order valence-electron chi connectivity index (χ1n) is 6.69. The molecule has 6 heteroatoms. The smallest absolute Gasteiger partial charge is 0.232 e. The van der Waals surface area contributed by atoms with Crippen molar-refractivity contribution in [1.29, 1.82) is 5.26 Å². The quantitative estimate of drug-likeness (QED) is 0.771. The molecule has 0 radical (unpaired) electrons. The number of nitrogens with one attached hydrogen (secondary N) is 1. The Balaban J connectivity index is 1.75. The van der Waals surface area contributed by atoms with E-state index < -0.39 is 0 Å². The Hall–Kier alpha value is -2.65. The highest BCUT2D eigenvalue weighted by Crippen LogP contribution is 2.25. The van der Waals surface area contributed by atoms with E-state index in [-0.39, 0.29) is 17.4 Å². The third-order valence-corrected chi connectivity index (χ3v) is 3.98. The third-order valence-electron chi connectivity index (χ3n) is 3.04. The van der Waals surface area contributed by atoms with Crippen LogP contribution >= 0.6 is 11.3 Å². The molecule has 0 aliphatic heterocycles. The zero-order valence-electron chi connectivity index (χ0n) is 11.5. The van der Waals surface area contributed by atoms with Gasteiger partial charge in [-0.3, -0.25) is 0 Å². The number of aromatic nitrogens is 1. The van der Waals surface area contributed by atoms with Crippen LogP contribution in [0.5, 0.6) is 0 Å². The van der Waals surface area contributed by atoms with Crippen molar-refractivity contribution >= 4 is 17.2 Å². The van der Waals surface area contributed by atoms with Crippen molar-refractivity contribution in [3.05, 3.63) is 58.2 Å². The summed E-state index contributed by atoms with van der Waals surface area (Å²) in [6.07, 6.45) is 0.832. The van der Waals surface area contributed by atoms with Crippen molar-refractivity contribution in [2.24, 2.45) is 0 Å². The van der Waals surface area contributed by atoms with Gasteiger partial charge in [-0.2, -0.15) is 10.2 Å². The lowest BCUT2D eigenvalue weighted by Crippen LogP contribution is -2.04. The number of oxazole rings is 1. The maximum absolute atomic E-state index is 13.3. The molecule has 0 fully saturated rings. The molecular weight excluding hydrogens is 301 g/mol. The number of hydrogen-bond acceptors (Lipinski definition) is 5. The van der Waals surface area contributed by atoms with E-state index in [9.17, 15) is 4.39 Å². The second-order valence-electron chi connectivity index (χ2n) is 4.58. The van der Waals surface area contributed by atoms with Crippen molar-refractivity contribution in [3.8, 4) is 17.5 Å². The van der Waals surface area contributed by atoms with Crippen LogP contribution in [0.1, 0.15) is 10.6 Å². The average molecular weight is 313 g/mol. The molecule has 3 aromatic rings. The van der Waals surface area contributed by atoms with Crippen LogP contribution in [0.4, 0.5) is 10.3 Å². The number of anilines is 1. The normalized spacial score (nSPS) is 10.4. The first-order chi connectivity index (χ1) is 10.8. The van der Waals surface area contributed by atoms with Crippen LogP contribution in [-0.2, 0) is 6.42 Å². The van der Waals surface area contributed by atoms with Gasteiger partial charge in [0.2, 0.25) is 17.5 Å². The van der Waals surface area contributed by atoms with E-state index in [4.69, 9.17) is 9.68 Å². The molecule has 0 unspecified atom stereocenters. The molecular formula is C16H12FN3OS. The molecule has 2 aromatic heterocycles. The second kappa shape index (κ2) is 6.41. The molecule has 0 amide bonds. The Morgan fingerprint density at radius 2 is 2.23 bits per heavy atom. The Morgan fingerprint density at radius 1 is 1.32 bits per heavy atom. The fourth-order valence-electron chi connectivity index (χ4n) is 2.01. The highest BCUT2D eigenvalue weighted by atomic mass is 32.1. The number of nitriles is 1. The van der Waals surface area contributed by atoms with Crippen LogP contribution in [0.2, 0.25) is 0 Å². The molecule has 0 saturated carbocycles. The summed E-state index contributed by atoms with van der Waals surface area (Å²) in [5.41, 5.74) is 0.674. The first kappa shape index (κ1) is 14.3. The molecule has 0 bridgehead atoms. The molecule has 0 spiro atoms. The molecule has 0 saturated heterocycles. The van der Waals surface area contributed by atoms with Gasteiger partial charge in [0.25, 0.3) is 0 Å². The lowest BCUT2D eigenvalue weighted by molar-refractivity contribution is 0.582. The number of benzene rings is 1. The summed E-state index contributed by atoms with van der Waals surface area (Å²) in [4.78, 5) is 5.35. The molecule has 110 valence electrons. The average Bonchev–Trinajstić information content (AvgIpc) is 3.17. The lowest BCUT2D eigenvalue weighted by atomic mass is 10.2. The van der Waals surface area contributed by atoms with Crippen LogP contribution in [0, 0.1) is 17.1 Å². The highest BCUT2D eigenvalue weighted by Gasteiger charge is 2.14. The largest absolute Gasteiger partial charge is 0.419 e. The van der Waals surface area contributed by atoms with Crippen molar-refractivity contribution in [1.82, 2.24) is 4.98 Å². The summed E-state index contributed by atoms with van der Waals surface area (Å²) in [7, 11) is 0. The lowest BCUT2D eigenvalue weighted by Gasteiger charge is -2.01. The van der Waals surface area contributed by atoms with Crippen molar-refractivity contribution in [2.45, 2.75) is 6.42 Å². The summed E-state index contributed by atoms with van der Waals surface area (Å²) < 4.78 is 18.8. The van der Waals surface area contributed by atoms with Crippen molar-refractivity contribution < 1.29 is 8.81 Å². The van der Waals surface area contributed by atoms with Crippen molar-refractivity contribution in [3.63, 3.8) is 0 Å². The van der Waals surface area contributed by atoms with Gasteiger partial charge >= 0.3 is 0 Å². The molecule has 3 rings (SSSR count). The molecule has 0 aliphatic carbocycles. The van der Waals surface area contributed by atoms with E-state index in [1.807, 2.05) is 17.5 Å². The van der Waals surface area contributed by atoms with Gasteiger partial charge in [0, 0.05) is 17.0 Å². The van der Waals surface area contributed by atoms with Gasteiger partial charge < -0.3 is 9.73 Å². The molecule has 4 nitrogen and oxygen atoms in total. The van der Waals surface area contributed by atoms with Gasteiger partial charge in [-0.05, 0) is 36.1 Å². The Bertz CT molecular complexity index is 805. The number of halogens is 1. The molecule has 22 heavy (non-hydrogen) atoms. The summed E-state index contributed by atoms with van der Waals surface area (Å²) in [6.45, 7) is 0.632. The van der Waals surface area contributed by atoms with E-state index in [0.29, 0.717) is 18.0 Å². The zero-order valence-corrected chi connectivity index (χ0v) is 12.4. The first-order valence-corrected chi connectivity index (χ1v) is 7.57. The maximum Gasteiger partial charge on any atom is 0.232 e. The van der Waals surface area contributed by atoms with E-state index >= 15 is 0 Å². The predicted molar refractivity (Wildman–Crippen MR) is 83.1 cm³/mol. The molecule has 0 atom stereocenters.